The van der Waals surface area contributed by atoms with Crippen LogP contribution in [0.3, 0.4) is 0 Å². The van der Waals surface area contributed by atoms with E-state index < -0.39 is 6.23 Å². The molecule has 2 aromatic rings. The van der Waals surface area contributed by atoms with Crippen molar-refractivity contribution in [2.75, 3.05) is 6.73 Å². The summed E-state index contributed by atoms with van der Waals surface area (Å²) in [4.78, 5) is 0. The van der Waals surface area contributed by atoms with Crippen molar-refractivity contribution in [1.29, 1.82) is 0 Å². The minimum atomic E-state index is -0.496. The van der Waals surface area contributed by atoms with Gasteiger partial charge in [0.15, 0.2) is 0 Å². The van der Waals surface area contributed by atoms with Crippen LogP contribution in [0.2, 0.25) is 0 Å². The van der Waals surface area contributed by atoms with Gasteiger partial charge in [-0.05, 0) is 37.8 Å². The van der Waals surface area contributed by atoms with Crippen LogP contribution >= 0.6 is 0 Å². The summed E-state index contributed by atoms with van der Waals surface area (Å²) >= 11 is 0. The SMILES string of the molecule is Cc1cc(OCNC(O)C2CCCCC2)n(-c2ccccc2)n1. The normalized spacial score (nSPS) is 17.1. The fourth-order valence-electron chi connectivity index (χ4n) is 3.15. The van der Waals surface area contributed by atoms with E-state index in [9.17, 15) is 5.11 Å². The zero-order valence-electron chi connectivity index (χ0n) is 13.6. The first-order valence-corrected chi connectivity index (χ1v) is 8.40. The molecule has 1 atom stereocenters. The highest BCUT2D eigenvalue weighted by atomic mass is 16.5. The summed E-state index contributed by atoms with van der Waals surface area (Å²) in [6.07, 6.45) is 5.40. The van der Waals surface area contributed by atoms with E-state index in [0.717, 1.165) is 24.2 Å². The van der Waals surface area contributed by atoms with Crippen LogP contribution in [0, 0.1) is 12.8 Å². The number of aryl methyl sites for hydroxylation is 1. The van der Waals surface area contributed by atoms with Crippen molar-refractivity contribution in [3.05, 3.63) is 42.1 Å². The number of hydrogen-bond acceptors (Lipinski definition) is 4. The Morgan fingerprint density at radius 1 is 1.26 bits per heavy atom. The van der Waals surface area contributed by atoms with Crippen molar-refractivity contribution in [1.82, 2.24) is 15.1 Å². The quantitative estimate of drug-likeness (QED) is 0.805. The van der Waals surface area contributed by atoms with E-state index in [1.54, 1.807) is 4.68 Å². The number of aliphatic hydroxyl groups excluding tert-OH is 1. The average Bonchev–Trinajstić information content (AvgIpc) is 2.97. The molecule has 2 N–H and O–H groups in total. The maximum absolute atomic E-state index is 10.2. The fourth-order valence-corrected chi connectivity index (χ4v) is 3.15. The monoisotopic (exact) mass is 315 g/mol. The van der Waals surface area contributed by atoms with E-state index in [0.29, 0.717) is 11.8 Å². The summed E-state index contributed by atoms with van der Waals surface area (Å²) in [5.74, 6) is 1.02. The molecule has 5 nitrogen and oxygen atoms in total. The molecule has 1 aliphatic rings. The Balaban J connectivity index is 1.58. The second-order valence-corrected chi connectivity index (χ2v) is 6.21. The van der Waals surface area contributed by atoms with Gasteiger partial charge in [-0.25, -0.2) is 4.68 Å². The molecule has 23 heavy (non-hydrogen) atoms. The van der Waals surface area contributed by atoms with Gasteiger partial charge in [0.1, 0.15) is 13.0 Å². The Bertz CT molecular complexity index is 606. The number of para-hydroxylation sites is 1. The molecule has 0 spiro atoms. The van der Waals surface area contributed by atoms with Gasteiger partial charge in [0.2, 0.25) is 5.88 Å². The first kappa shape index (κ1) is 16.0. The minimum absolute atomic E-state index is 0.273. The largest absolute Gasteiger partial charge is 0.462 e. The van der Waals surface area contributed by atoms with E-state index in [-0.39, 0.29) is 6.73 Å². The third kappa shape index (κ3) is 4.12. The first-order valence-electron chi connectivity index (χ1n) is 8.40. The number of rotatable bonds is 6. The molecule has 1 aliphatic carbocycles. The van der Waals surface area contributed by atoms with Gasteiger partial charge >= 0.3 is 0 Å². The predicted molar refractivity (Wildman–Crippen MR) is 89.5 cm³/mol. The van der Waals surface area contributed by atoms with Crippen LogP contribution in [0.5, 0.6) is 5.88 Å². The molecule has 0 radical (unpaired) electrons. The predicted octanol–water partition coefficient (Wildman–Crippen LogP) is 3.01. The molecule has 0 aliphatic heterocycles. The summed E-state index contributed by atoms with van der Waals surface area (Å²) in [5, 5.41) is 17.8. The molecule has 3 rings (SSSR count). The maximum Gasteiger partial charge on any atom is 0.218 e. The molecule has 1 aromatic carbocycles. The van der Waals surface area contributed by atoms with Crippen molar-refractivity contribution in [3.8, 4) is 11.6 Å². The number of benzene rings is 1. The number of nitrogens with zero attached hydrogens (tertiary/aromatic N) is 2. The van der Waals surface area contributed by atoms with Crippen molar-refractivity contribution in [2.24, 2.45) is 5.92 Å². The van der Waals surface area contributed by atoms with Crippen LogP contribution in [-0.2, 0) is 0 Å². The third-order valence-electron chi connectivity index (χ3n) is 4.41. The van der Waals surface area contributed by atoms with Gasteiger partial charge in [0.25, 0.3) is 0 Å². The van der Waals surface area contributed by atoms with Gasteiger partial charge < -0.3 is 9.84 Å². The van der Waals surface area contributed by atoms with E-state index >= 15 is 0 Å². The van der Waals surface area contributed by atoms with Crippen LogP contribution in [0.1, 0.15) is 37.8 Å². The molecule has 1 heterocycles. The standard InChI is InChI=1S/C18H25N3O2/c1-14-12-17(21(20-14)16-10-6-3-7-11-16)23-13-19-18(22)15-8-4-2-5-9-15/h3,6-7,10-12,15,18-19,22H,2,4-5,8-9,13H2,1H3. The summed E-state index contributed by atoms with van der Waals surface area (Å²) in [6.45, 7) is 2.21. The van der Waals surface area contributed by atoms with E-state index in [1.165, 1.54) is 19.3 Å². The molecule has 5 heteroatoms. The number of hydrogen-bond donors (Lipinski definition) is 2. The second kappa shape index (κ2) is 7.62. The average molecular weight is 315 g/mol. The van der Waals surface area contributed by atoms with Gasteiger partial charge in [0, 0.05) is 6.07 Å². The van der Waals surface area contributed by atoms with Gasteiger partial charge in [-0.1, -0.05) is 37.5 Å². The Morgan fingerprint density at radius 2 is 2.00 bits per heavy atom. The molecule has 0 saturated heterocycles. The van der Waals surface area contributed by atoms with Crippen LogP contribution in [0.25, 0.3) is 5.69 Å². The van der Waals surface area contributed by atoms with Crippen molar-refractivity contribution in [3.63, 3.8) is 0 Å². The summed E-state index contributed by atoms with van der Waals surface area (Å²) < 4.78 is 7.58. The molecule has 1 saturated carbocycles. The maximum atomic E-state index is 10.2. The van der Waals surface area contributed by atoms with Crippen molar-refractivity contribution >= 4 is 0 Å². The summed E-state index contributed by atoms with van der Waals surface area (Å²) in [5.41, 5.74) is 1.86. The zero-order valence-corrected chi connectivity index (χ0v) is 13.6. The van der Waals surface area contributed by atoms with E-state index in [1.807, 2.05) is 43.3 Å². The Morgan fingerprint density at radius 3 is 2.74 bits per heavy atom. The molecule has 0 amide bonds. The summed E-state index contributed by atoms with van der Waals surface area (Å²) in [7, 11) is 0. The first-order chi connectivity index (χ1) is 11.2. The minimum Gasteiger partial charge on any atom is -0.462 e. The topological polar surface area (TPSA) is 59.3 Å². The van der Waals surface area contributed by atoms with Crippen LogP contribution in [0.4, 0.5) is 0 Å². The number of ether oxygens (including phenoxy) is 1. The number of aliphatic hydroxyl groups is 1. The summed E-state index contributed by atoms with van der Waals surface area (Å²) in [6, 6.07) is 11.8. The highest BCUT2D eigenvalue weighted by molar-refractivity contribution is 5.35. The van der Waals surface area contributed by atoms with Crippen molar-refractivity contribution in [2.45, 2.75) is 45.3 Å². The third-order valence-corrected chi connectivity index (χ3v) is 4.41. The van der Waals surface area contributed by atoms with Crippen LogP contribution in [0.15, 0.2) is 36.4 Å². The molecule has 1 fully saturated rings. The van der Waals surface area contributed by atoms with E-state index in [4.69, 9.17) is 4.74 Å². The Kier molecular flexibility index (Phi) is 5.31. The Labute approximate surface area is 137 Å². The van der Waals surface area contributed by atoms with Gasteiger partial charge in [-0.2, -0.15) is 5.10 Å². The molecular weight excluding hydrogens is 290 g/mol. The fraction of sp³-hybridized carbons (Fsp3) is 0.500. The molecular formula is C18H25N3O2. The second-order valence-electron chi connectivity index (χ2n) is 6.21. The zero-order chi connectivity index (χ0) is 16.1. The number of aromatic nitrogens is 2. The van der Waals surface area contributed by atoms with Crippen molar-refractivity contribution < 1.29 is 9.84 Å². The molecule has 0 bridgehead atoms. The highest BCUT2D eigenvalue weighted by Gasteiger charge is 2.21. The van der Waals surface area contributed by atoms with Crippen LogP contribution in [-0.4, -0.2) is 27.8 Å². The molecule has 1 aromatic heterocycles. The van der Waals surface area contributed by atoms with Gasteiger partial charge in [0.05, 0.1) is 11.4 Å². The van der Waals surface area contributed by atoms with Crippen LogP contribution < -0.4 is 10.1 Å². The highest BCUT2D eigenvalue weighted by Crippen LogP contribution is 2.25. The lowest BCUT2D eigenvalue weighted by Gasteiger charge is -2.27. The molecule has 124 valence electrons. The number of nitrogens with one attached hydrogen (secondary N) is 1. The van der Waals surface area contributed by atoms with Gasteiger partial charge in [-0.3, -0.25) is 5.32 Å². The lowest BCUT2D eigenvalue weighted by atomic mass is 9.88. The smallest absolute Gasteiger partial charge is 0.218 e. The lowest BCUT2D eigenvalue weighted by Crippen LogP contribution is -2.39. The van der Waals surface area contributed by atoms with E-state index in [2.05, 4.69) is 10.4 Å². The van der Waals surface area contributed by atoms with Gasteiger partial charge in [-0.15, -0.1) is 0 Å². The lowest BCUT2D eigenvalue weighted by molar-refractivity contribution is 0.0357. The molecule has 1 unspecified atom stereocenters. The Hall–Kier alpha value is -1.85.